The number of piperazine rings is 1. The second-order valence-corrected chi connectivity index (χ2v) is 4.71. The van der Waals surface area contributed by atoms with Gasteiger partial charge in [0.15, 0.2) is 0 Å². The Morgan fingerprint density at radius 2 is 2.56 bits per heavy atom. The fraction of sp³-hybridized carbons (Fsp3) is 0.500. The molecule has 0 spiro atoms. The van der Waals surface area contributed by atoms with Crippen molar-refractivity contribution in [3.63, 3.8) is 0 Å². The smallest absolute Gasteiger partial charge is 0.238 e. The standard InChI is InChI=1S/C12H17ClN4O/c1-14-12(18)11-7-15-4-5-17(11)8-10-6-9(13)2-3-16-10/h2-3,6,11,15H,4-5,7-8H2,1H3,(H,14,18). The van der Waals surface area contributed by atoms with Crippen LogP contribution in [0.1, 0.15) is 5.69 Å². The molecule has 5 nitrogen and oxygen atoms in total. The number of aromatic nitrogens is 1. The van der Waals surface area contributed by atoms with Crippen LogP contribution in [-0.4, -0.2) is 48.5 Å². The highest BCUT2D eigenvalue weighted by atomic mass is 35.5. The Balaban J connectivity index is 2.07. The van der Waals surface area contributed by atoms with Crippen LogP contribution in [0.25, 0.3) is 0 Å². The van der Waals surface area contributed by atoms with Crippen LogP contribution >= 0.6 is 11.6 Å². The molecule has 0 bridgehead atoms. The summed E-state index contributed by atoms with van der Waals surface area (Å²) in [7, 11) is 1.66. The second-order valence-electron chi connectivity index (χ2n) is 4.27. The molecule has 1 aliphatic rings. The molecule has 0 aromatic carbocycles. The molecule has 0 saturated carbocycles. The zero-order chi connectivity index (χ0) is 13.0. The maximum atomic E-state index is 11.8. The van der Waals surface area contributed by atoms with E-state index in [1.807, 2.05) is 6.07 Å². The number of carbonyl (C=O) groups excluding carboxylic acids is 1. The highest BCUT2D eigenvalue weighted by Crippen LogP contribution is 2.13. The first-order chi connectivity index (χ1) is 8.70. The fourth-order valence-corrected chi connectivity index (χ4v) is 2.29. The van der Waals surface area contributed by atoms with Crippen LogP contribution in [-0.2, 0) is 11.3 Å². The average Bonchev–Trinajstić information content (AvgIpc) is 2.38. The highest BCUT2D eigenvalue weighted by Gasteiger charge is 2.27. The number of nitrogens with zero attached hydrogens (tertiary/aromatic N) is 2. The Kier molecular flexibility index (Phi) is 4.52. The molecule has 1 aromatic heterocycles. The second kappa shape index (κ2) is 6.13. The van der Waals surface area contributed by atoms with Gasteiger partial charge >= 0.3 is 0 Å². The lowest BCUT2D eigenvalue weighted by Crippen LogP contribution is -2.56. The normalized spacial score (nSPS) is 20.7. The van der Waals surface area contributed by atoms with Crippen molar-refractivity contribution < 1.29 is 4.79 Å². The number of carbonyl (C=O) groups is 1. The third-order valence-electron chi connectivity index (χ3n) is 3.05. The summed E-state index contributed by atoms with van der Waals surface area (Å²) >= 11 is 5.94. The van der Waals surface area contributed by atoms with Gasteiger partial charge in [-0.25, -0.2) is 0 Å². The van der Waals surface area contributed by atoms with Crippen molar-refractivity contribution in [1.82, 2.24) is 20.5 Å². The molecule has 2 heterocycles. The van der Waals surface area contributed by atoms with E-state index in [2.05, 4.69) is 20.5 Å². The third kappa shape index (κ3) is 3.19. The number of likely N-dealkylation sites (N-methyl/N-ethyl adjacent to an activating group) is 1. The van der Waals surface area contributed by atoms with Gasteiger partial charge in [-0.15, -0.1) is 0 Å². The van der Waals surface area contributed by atoms with Crippen molar-refractivity contribution in [1.29, 1.82) is 0 Å². The Hall–Kier alpha value is -1.17. The summed E-state index contributed by atoms with van der Waals surface area (Å²) in [5, 5.41) is 6.60. The third-order valence-corrected chi connectivity index (χ3v) is 3.28. The molecule has 18 heavy (non-hydrogen) atoms. The molecule has 1 amide bonds. The maximum absolute atomic E-state index is 11.8. The summed E-state index contributed by atoms with van der Waals surface area (Å²) in [4.78, 5) is 18.2. The van der Waals surface area contributed by atoms with E-state index in [1.165, 1.54) is 0 Å². The number of pyridine rings is 1. The number of rotatable bonds is 3. The molecule has 6 heteroatoms. The number of hydrogen-bond donors (Lipinski definition) is 2. The molecule has 1 fully saturated rings. The maximum Gasteiger partial charge on any atom is 0.238 e. The summed E-state index contributed by atoms with van der Waals surface area (Å²) in [5.41, 5.74) is 0.887. The number of amides is 1. The molecule has 1 aromatic rings. The lowest BCUT2D eigenvalue weighted by atomic mass is 10.1. The number of nitrogens with one attached hydrogen (secondary N) is 2. The van der Waals surface area contributed by atoms with E-state index in [4.69, 9.17) is 11.6 Å². The summed E-state index contributed by atoms with van der Waals surface area (Å²) in [6.07, 6.45) is 1.69. The van der Waals surface area contributed by atoms with Crippen LogP contribution in [0.2, 0.25) is 5.02 Å². The number of hydrogen-bond acceptors (Lipinski definition) is 4. The lowest BCUT2D eigenvalue weighted by Gasteiger charge is -2.34. The van der Waals surface area contributed by atoms with Crippen molar-refractivity contribution in [2.24, 2.45) is 0 Å². The Labute approximate surface area is 112 Å². The van der Waals surface area contributed by atoms with Crippen molar-refractivity contribution in [2.45, 2.75) is 12.6 Å². The molecule has 2 N–H and O–H groups in total. The van der Waals surface area contributed by atoms with E-state index in [1.54, 1.807) is 19.3 Å². The summed E-state index contributed by atoms with van der Waals surface area (Å²) in [6, 6.07) is 3.44. The van der Waals surface area contributed by atoms with Gasteiger partial charge in [0.2, 0.25) is 5.91 Å². The minimum absolute atomic E-state index is 0.0317. The van der Waals surface area contributed by atoms with Gasteiger partial charge in [0, 0.05) is 44.4 Å². The molecule has 0 radical (unpaired) electrons. The average molecular weight is 269 g/mol. The Bertz CT molecular complexity index is 426. The van der Waals surface area contributed by atoms with Crippen LogP contribution in [0.3, 0.4) is 0 Å². The van der Waals surface area contributed by atoms with E-state index < -0.39 is 0 Å². The predicted octanol–water partition coefficient (Wildman–Crippen LogP) is 0.255. The van der Waals surface area contributed by atoms with Gasteiger partial charge in [-0.05, 0) is 12.1 Å². The van der Waals surface area contributed by atoms with Crippen LogP contribution in [0.4, 0.5) is 0 Å². The van der Waals surface area contributed by atoms with E-state index in [0.29, 0.717) is 18.1 Å². The largest absolute Gasteiger partial charge is 0.358 e. The quantitative estimate of drug-likeness (QED) is 0.826. The topological polar surface area (TPSA) is 57.3 Å². The van der Waals surface area contributed by atoms with Gasteiger partial charge < -0.3 is 10.6 Å². The molecule has 1 atom stereocenters. The molecular weight excluding hydrogens is 252 g/mol. The van der Waals surface area contributed by atoms with Crippen LogP contribution < -0.4 is 10.6 Å². The molecule has 1 unspecified atom stereocenters. The fourth-order valence-electron chi connectivity index (χ4n) is 2.10. The molecule has 2 rings (SSSR count). The van der Waals surface area contributed by atoms with Gasteiger partial charge in [0.1, 0.15) is 6.04 Å². The minimum Gasteiger partial charge on any atom is -0.358 e. The lowest BCUT2D eigenvalue weighted by molar-refractivity contribution is -0.126. The van der Waals surface area contributed by atoms with E-state index in [-0.39, 0.29) is 11.9 Å². The van der Waals surface area contributed by atoms with E-state index >= 15 is 0 Å². The zero-order valence-corrected chi connectivity index (χ0v) is 11.1. The van der Waals surface area contributed by atoms with Crippen LogP contribution in [0.15, 0.2) is 18.3 Å². The molecule has 1 saturated heterocycles. The summed E-state index contributed by atoms with van der Waals surface area (Å²) in [5.74, 6) is 0.0317. The van der Waals surface area contributed by atoms with Gasteiger partial charge in [0.05, 0.1) is 5.69 Å². The van der Waals surface area contributed by atoms with Crippen LogP contribution in [0.5, 0.6) is 0 Å². The molecular formula is C12H17ClN4O. The first-order valence-corrected chi connectivity index (χ1v) is 6.35. The first-order valence-electron chi connectivity index (χ1n) is 5.97. The molecule has 1 aliphatic heterocycles. The summed E-state index contributed by atoms with van der Waals surface area (Å²) < 4.78 is 0. The Morgan fingerprint density at radius 3 is 3.28 bits per heavy atom. The number of halogens is 1. The Morgan fingerprint density at radius 1 is 1.72 bits per heavy atom. The van der Waals surface area contributed by atoms with Crippen molar-refractivity contribution in [2.75, 3.05) is 26.7 Å². The first kappa shape index (κ1) is 13.3. The highest BCUT2D eigenvalue weighted by molar-refractivity contribution is 6.30. The minimum atomic E-state index is -0.149. The van der Waals surface area contributed by atoms with E-state index in [0.717, 1.165) is 18.8 Å². The van der Waals surface area contributed by atoms with Crippen molar-refractivity contribution >= 4 is 17.5 Å². The van der Waals surface area contributed by atoms with Crippen LogP contribution in [0, 0.1) is 0 Å². The van der Waals surface area contributed by atoms with Crippen molar-refractivity contribution in [3.8, 4) is 0 Å². The van der Waals surface area contributed by atoms with Gasteiger partial charge in [-0.3, -0.25) is 14.7 Å². The van der Waals surface area contributed by atoms with Gasteiger partial charge in [0.25, 0.3) is 0 Å². The van der Waals surface area contributed by atoms with Gasteiger partial charge in [-0.1, -0.05) is 11.6 Å². The molecule has 0 aliphatic carbocycles. The zero-order valence-electron chi connectivity index (χ0n) is 10.3. The van der Waals surface area contributed by atoms with Gasteiger partial charge in [-0.2, -0.15) is 0 Å². The van der Waals surface area contributed by atoms with E-state index in [9.17, 15) is 4.79 Å². The summed E-state index contributed by atoms with van der Waals surface area (Å²) in [6.45, 7) is 3.01. The van der Waals surface area contributed by atoms with Crippen molar-refractivity contribution in [3.05, 3.63) is 29.0 Å². The monoisotopic (exact) mass is 268 g/mol. The predicted molar refractivity (Wildman–Crippen MR) is 70.4 cm³/mol. The molecule has 98 valence electrons. The SMILES string of the molecule is CNC(=O)C1CNCCN1Cc1cc(Cl)ccn1.